The monoisotopic (exact) mass is 273 g/mol. The van der Waals surface area contributed by atoms with Crippen molar-refractivity contribution in [3.63, 3.8) is 0 Å². The molecule has 2 heterocycles. The average molecular weight is 273 g/mol. The second-order valence-electron chi connectivity index (χ2n) is 5.13. The number of anilines is 1. The van der Waals surface area contributed by atoms with Crippen LogP contribution in [0.5, 0.6) is 0 Å². The maximum Gasteiger partial charge on any atom is 0.110 e. The van der Waals surface area contributed by atoms with Crippen molar-refractivity contribution in [2.75, 3.05) is 5.73 Å². The van der Waals surface area contributed by atoms with Gasteiger partial charge in [0.15, 0.2) is 0 Å². The SMILES string of the molecule is CCc1cnc(C(C)N2Cc3ccc(N)cc3C2)s1. The van der Waals surface area contributed by atoms with Crippen LogP contribution < -0.4 is 5.73 Å². The minimum Gasteiger partial charge on any atom is -0.399 e. The molecule has 0 radical (unpaired) electrons. The highest BCUT2D eigenvalue weighted by molar-refractivity contribution is 7.11. The van der Waals surface area contributed by atoms with Crippen LogP contribution in [-0.4, -0.2) is 9.88 Å². The number of benzene rings is 1. The van der Waals surface area contributed by atoms with Crippen LogP contribution in [0.4, 0.5) is 5.69 Å². The van der Waals surface area contributed by atoms with Gasteiger partial charge >= 0.3 is 0 Å². The largest absolute Gasteiger partial charge is 0.399 e. The van der Waals surface area contributed by atoms with Crippen LogP contribution >= 0.6 is 11.3 Å². The number of fused-ring (bicyclic) bond motifs is 1. The highest BCUT2D eigenvalue weighted by atomic mass is 32.1. The van der Waals surface area contributed by atoms with Crippen LogP contribution in [-0.2, 0) is 19.5 Å². The summed E-state index contributed by atoms with van der Waals surface area (Å²) in [6, 6.07) is 6.61. The number of nitrogen functional groups attached to an aromatic ring is 1. The van der Waals surface area contributed by atoms with Crippen molar-refractivity contribution in [3.05, 3.63) is 45.4 Å². The summed E-state index contributed by atoms with van der Waals surface area (Å²) in [5.74, 6) is 0. The molecule has 1 aromatic heterocycles. The van der Waals surface area contributed by atoms with Crippen molar-refractivity contribution in [1.82, 2.24) is 9.88 Å². The van der Waals surface area contributed by atoms with Crippen molar-refractivity contribution >= 4 is 17.0 Å². The predicted octanol–water partition coefficient (Wildman–Crippen LogP) is 3.36. The van der Waals surface area contributed by atoms with Crippen LogP contribution in [0.3, 0.4) is 0 Å². The lowest BCUT2D eigenvalue weighted by Gasteiger charge is -2.21. The molecule has 2 aromatic rings. The van der Waals surface area contributed by atoms with Gasteiger partial charge in [-0.25, -0.2) is 4.98 Å². The van der Waals surface area contributed by atoms with Crippen LogP contribution in [0.2, 0.25) is 0 Å². The number of hydrogen-bond donors (Lipinski definition) is 1. The number of hydrogen-bond acceptors (Lipinski definition) is 4. The number of nitrogens with zero attached hydrogens (tertiary/aromatic N) is 2. The number of aryl methyl sites for hydroxylation is 1. The Kier molecular flexibility index (Phi) is 3.29. The summed E-state index contributed by atoms with van der Waals surface area (Å²) < 4.78 is 0. The van der Waals surface area contributed by atoms with Crippen LogP contribution in [0.25, 0.3) is 0 Å². The second-order valence-corrected chi connectivity index (χ2v) is 6.27. The summed E-state index contributed by atoms with van der Waals surface area (Å²) in [6.45, 7) is 6.39. The highest BCUT2D eigenvalue weighted by Crippen LogP contribution is 2.33. The van der Waals surface area contributed by atoms with Gasteiger partial charge in [-0.05, 0) is 36.6 Å². The molecule has 0 saturated carbocycles. The van der Waals surface area contributed by atoms with E-state index in [1.807, 2.05) is 23.6 Å². The first-order valence-electron chi connectivity index (χ1n) is 6.73. The first-order valence-corrected chi connectivity index (χ1v) is 7.55. The molecule has 1 atom stereocenters. The molecule has 1 aliphatic rings. The molecule has 0 aliphatic carbocycles. The number of rotatable bonds is 3. The topological polar surface area (TPSA) is 42.2 Å². The summed E-state index contributed by atoms with van der Waals surface area (Å²) in [4.78, 5) is 8.39. The van der Waals surface area contributed by atoms with E-state index >= 15 is 0 Å². The molecule has 1 aliphatic heterocycles. The zero-order valence-electron chi connectivity index (χ0n) is 11.4. The first-order chi connectivity index (χ1) is 9.17. The Morgan fingerprint density at radius 2 is 2.16 bits per heavy atom. The van der Waals surface area contributed by atoms with E-state index in [1.165, 1.54) is 21.0 Å². The molecular formula is C15H19N3S. The maximum atomic E-state index is 5.86. The van der Waals surface area contributed by atoms with E-state index in [2.05, 4.69) is 35.9 Å². The van der Waals surface area contributed by atoms with Crippen LogP contribution in [0.15, 0.2) is 24.4 Å². The van der Waals surface area contributed by atoms with Gasteiger partial charge in [0, 0.05) is 29.9 Å². The van der Waals surface area contributed by atoms with Crippen molar-refractivity contribution in [1.29, 1.82) is 0 Å². The lowest BCUT2D eigenvalue weighted by atomic mass is 10.1. The molecule has 0 bridgehead atoms. The van der Waals surface area contributed by atoms with Gasteiger partial charge < -0.3 is 5.73 Å². The van der Waals surface area contributed by atoms with Crippen molar-refractivity contribution in [3.8, 4) is 0 Å². The molecule has 3 rings (SSSR count). The number of aromatic nitrogens is 1. The number of thiazole rings is 1. The normalized spacial score (nSPS) is 16.5. The molecule has 19 heavy (non-hydrogen) atoms. The summed E-state index contributed by atoms with van der Waals surface area (Å²) in [6.07, 6.45) is 3.08. The van der Waals surface area contributed by atoms with E-state index < -0.39 is 0 Å². The van der Waals surface area contributed by atoms with E-state index in [4.69, 9.17) is 5.73 Å². The van der Waals surface area contributed by atoms with E-state index in [1.54, 1.807) is 0 Å². The highest BCUT2D eigenvalue weighted by Gasteiger charge is 2.25. The Morgan fingerprint density at radius 1 is 1.37 bits per heavy atom. The third-order valence-electron chi connectivity index (χ3n) is 3.80. The molecular weight excluding hydrogens is 254 g/mol. The van der Waals surface area contributed by atoms with Gasteiger partial charge in [-0.1, -0.05) is 13.0 Å². The van der Waals surface area contributed by atoms with Gasteiger partial charge in [0.1, 0.15) is 5.01 Å². The van der Waals surface area contributed by atoms with Crippen molar-refractivity contribution < 1.29 is 0 Å². The quantitative estimate of drug-likeness (QED) is 0.872. The minimum absolute atomic E-state index is 0.374. The molecule has 0 fully saturated rings. The lowest BCUT2D eigenvalue weighted by molar-refractivity contribution is 0.214. The number of nitrogens with two attached hydrogens (primary N) is 1. The van der Waals surface area contributed by atoms with Crippen molar-refractivity contribution in [2.45, 2.75) is 39.4 Å². The standard InChI is InChI=1S/C15H19N3S/c1-3-14-7-17-15(19-14)10(2)18-8-11-4-5-13(16)6-12(11)9-18/h4-7,10H,3,8-9,16H2,1-2H3. The molecule has 4 heteroatoms. The van der Waals surface area contributed by atoms with Crippen LogP contribution in [0.1, 0.15) is 40.9 Å². The average Bonchev–Trinajstić information content (AvgIpc) is 3.03. The molecule has 2 N–H and O–H groups in total. The third-order valence-corrected chi connectivity index (χ3v) is 5.11. The smallest absolute Gasteiger partial charge is 0.110 e. The summed E-state index contributed by atoms with van der Waals surface area (Å²) in [5.41, 5.74) is 9.47. The fourth-order valence-electron chi connectivity index (χ4n) is 2.55. The minimum atomic E-state index is 0.374. The Labute approximate surface area is 118 Å². The van der Waals surface area contributed by atoms with E-state index in [9.17, 15) is 0 Å². The fourth-order valence-corrected chi connectivity index (χ4v) is 3.49. The Morgan fingerprint density at radius 3 is 2.89 bits per heavy atom. The van der Waals surface area contributed by atoms with Gasteiger partial charge in [0.05, 0.1) is 6.04 Å². The molecule has 1 aromatic carbocycles. The zero-order chi connectivity index (χ0) is 13.4. The first kappa shape index (κ1) is 12.6. The summed E-state index contributed by atoms with van der Waals surface area (Å²) in [7, 11) is 0. The molecule has 0 saturated heterocycles. The van der Waals surface area contributed by atoms with E-state index in [0.29, 0.717) is 6.04 Å². The Bertz CT molecular complexity index is 591. The lowest BCUT2D eigenvalue weighted by Crippen LogP contribution is -2.20. The summed E-state index contributed by atoms with van der Waals surface area (Å²) >= 11 is 1.83. The van der Waals surface area contributed by atoms with Gasteiger partial charge in [-0.15, -0.1) is 11.3 Å². The Hall–Kier alpha value is -1.39. The van der Waals surface area contributed by atoms with Gasteiger partial charge in [0.25, 0.3) is 0 Å². The third kappa shape index (κ3) is 2.38. The van der Waals surface area contributed by atoms with Gasteiger partial charge in [0.2, 0.25) is 0 Å². The molecule has 3 nitrogen and oxygen atoms in total. The fraction of sp³-hybridized carbons (Fsp3) is 0.400. The van der Waals surface area contributed by atoms with E-state index in [0.717, 1.165) is 25.2 Å². The molecule has 1 unspecified atom stereocenters. The van der Waals surface area contributed by atoms with E-state index in [-0.39, 0.29) is 0 Å². The zero-order valence-corrected chi connectivity index (χ0v) is 12.2. The maximum absolute atomic E-state index is 5.86. The second kappa shape index (κ2) is 4.94. The molecule has 100 valence electrons. The summed E-state index contributed by atoms with van der Waals surface area (Å²) in [5, 5.41) is 1.22. The van der Waals surface area contributed by atoms with Crippen molar-refractivity contribution in [2.24, 2.45) is 0 Å². The molecule has 0 amide bonds. The van der Waals surface area contributed by atoms with Gasteiger partial charge in [-0.3, -0.25) is 4.90 Å². The predicted molar refractivity (Wildman–Crippen MR) is 80.0 cm³/mol. The van der Waals surface area contributed by atoms with Gasteiger partial charge in [-0.2, -0.15) is 0 Å². The molecule has 0 spiro atoms. The Balaban J connectivity index is 1.78. The van der Waals surface area contributed by atoms with Crippen LogP contribution in [0, 0.1) is 0 Å².